The second-order valence-corrected chi connectivity index (χ2v) is 4.75. The molecule has 0 bridgehead atoms. The minimum Gasteiger partial charge on any atom is -0.397 e. The fourth-order valence-electron chi connectivity index (χ4n) is 2.41. The van der Waals surface area contributed by atoms with Gasteiger partial charge in [-0.15, -0.1) is 0 Å². The average Bonchev–Trinajstić information content (AvgIpc) is 2.78. The first-order valence-corrected chi connectivity index (χ1v) is 6.40. The van der Waals surface area contributed by atoms with Crippen LogP contribution in [-0.4, -0.2) is 9.55 Å². The van der Waals surface area contributed by atoms with Gasteiger partial charge in [0.25, 0.3) is 0 Å². The van der Waals surface area contributed by atoms with Crippen LogP contribution in [0.15, 0.2) is 42.5 Å². The zero-order valence-corrected chi connectivity index (χ0v) is 11.2. The number of fused-ring (bicyclic) bond motifs is 1. The Labute approximate surface area is 117 Å². The lowest BCUT2D eigenvalue weighted by molar-refractivity contribution is 0.955. The van der Waals surface area contributed by atoms with E-state index in [2.05, 4.69) is 11.1 Å². The summed E-state index contributed by atoms with van der Waals surface area (Å²) < 4.78 is 1.97. The van der Waals surface area contributed by atoms with Crippen LogP contribution in [0.2, 0.25) is 0 Å². The predicted octanol–water partition coefficient (Wildman–Crippen LogP) is 2.98. The van der Waals surface area contributed by atoms with Gasteiger partial charge >= 0.3 is 0 Å². The molecule has 0 atom stereocenters. The molecule has 3 rings (SSSR count). The first-order valence-electron chi connectivity index (χ1n) is 6.40. The van der Waals surface area contributed by atoms with Gasteiger partial charge < -0.3 is 5.73 Å². The Hall–Kier alpha value is -2.80. The minimum absolute atomic E-state index is 0.252. The predicted molar refractivity (Wildman–Crippen MR) is 79.5 cm³/mol. The molecule has 98 valence electrons. The Morgan fingerprint density at radius 1 is 1.25 bits per heavy atom. The molecule has 0 saturated heterocycles. The Kier molecular flexibility index (Phi) is 2.88. The van der Waals surface area contributed by atoms with E-state index in [1.807, 2.05) is 54.0 Å². The van der Waals surface area contributed by atoms with Crippen molar-refractivity contribution in [2.24, 2.45) is 0 Å². The van der Waals surface area contributed by atoms with Gasteiger partial charge in [-0.3, -0.25) is 4.57 Å². The topological polar surface area (TPSA) is 67.6 Å². The number of nitrogens with zero attached hydrogens (tertiary/aromatic N) is 3. The average molecular weight is 262 g/mol. The summed E-state index contributed by atoms with van der Waals surface area (Å²) in [6.45, 7) is 2.00. The smallest absolute Gasteiger partial charge is 0.128 e. The Balaban J connectivity index is 2.33. The molecule has 4 heteroatoms. The van der Waals surface area contributed by atoms with E-state index in [-0.39, 0.29) is 6.42 Å². The SMILES string of the molecule is Cc1ccc(-n2c(CC#N)nc3ccccc32)c(N)c1. The minimum atomic E-state index is 0.252. The largest absolute Gasteiger partial charge is 0.397 e. The summed E-state index contributed by atoms with van der Waals surface area (Å²) in [5.41, 5.74) is 10.6. The number of aromatic nitrogens is 2. The number of nitrogens with two attached hydrogens (primary N) is 1. The molecule has 4 nitrogen and oxygen atoms in total. The Morgan fingerprint density at radius 3 is 2.80 bits per heavy atom. The van der Waals surface area contributed by atoms with Gasteiger partial charge in [-0.25, -0.2) is 4.98 Å². The summed E-state index contributed by atoms with van der Waals surface area (Å²) >= 11 is 0. The highest BCUT2D eigenvalue weighted by Gasteiger charge is 2.13. The lowest BCUT2D eigenvalue weighted by Gasteiger charge is -2.11. The maximum absolute atomic E-state index is 9.00. The molecule has 0 saturated carbocycles. The fourth-order valence-corrected chi connectivity index (χ4v) is 2.41. The van der Waals surface area contributed by atoms with E-state index < -0.39 is 0 Å². The number of hydrogen-bond donors (Lipinski definition) is 1. The molecule has 2 N–H and O–H groups in total. The van der Waals surface area contributed by atoms with Crippen molar-refractivity contribution in [3.05, 3.63) is 53.9 Å². The maximum Gasteiger partial charge on any atom is 0.128 e. The molecule has 1 heterocycles. The van der Waals surface area contributed by atoms with Gasteiger partial charge in [-0.2, -0.15) is 5.26 Å². The number of para-hydroxylation sites is 2. The molecule has 3 aromatic rings. The van der Waals surface area contributed by atoms with Gasteiger partial charge in [0.15, 0.2) is 0 Å². The number of anilines is 1. The molecule has 2 aromatic carbocycles. The Morgan fingerprint density at radius 2 is 2.05 bits per heavy atom. The van der Waals surface area contributed by atoms with Crippen LogP contribution in [-0.2, 0) is 6.42 Å². The van der Waals surface area contributed by atoms with E-state index >= 15 is 0 Å². The van der Waals surface area contributed by atoms with Crippen molar-refractivity contribution in [1.29, 1.82) is 5.26 Å². The highest BCUT2D eigenvalue weighted by Crippen LogP contribution is 2.26. The molecule has 20 heavy (non-hydrogen) atoms. The molecule has 0 aliphatic heterocycles. The molecule has 0 radical (unpaired) electrons. The van der Waals surface area contributed by atoms with Crippen molar-refractivity contribution in [3.63, 3.8) is 0 Å². The standard InChI is InChI=1S/C16H14N4/c1-11-6-7-14(12(18)10-11)20-15-5-3-2-4-13(15)19-16(20)8-9-17/h2-7,10H,8,18H2,1H3. The van der Waals surface area contributed by atoms with Gasteiger partial charge in [-0.1, -0.05) is 18.2 Å². The summed E-state index contributed by atoms with van der Waals surface area (Å²) in [7, 11) is 0. The van der Waals surface area contributed by atoms with Gasteiger partial charge in [0, 0.05) is 0 Å². The highest BCUT2D eigenvalue weighted by molar-refractivity contribution is 5.80. The van der Waals surface area contributed by atoms with Crippen LogP contribution < -0.4 is 5.73 Å². The van der Waals surface area contributed by atoms with E-state index in [1.165, 1.54) is 0 Å². The third-order valence-electron chi connectivity index (χ3n) is 3.29. The van der Waals surface area contributed by atoms with Crippen molar-refractivity contribution in [2.45, 2.75) is 13.3 Å². The van der Waals surface area contributed by atoms with E-state index in [4.69, 9.17) is 11.0 Å². The van der Waals surface area contributed by atoms with Crippen LogP contribution >= 0.6 is 0 Å². The van der Waals surface area contributed by atoms with Crippen LogP contribution in [0.4, 0.5) is 5.69 Å². The van der Waals surface area contributed by atoms with Crippen LogP contribution in [0, 0.1) is 18.3 Å². The van der Waals surface area contributed by atoms with Crippen LogP contribution in [0.1, 0.15) is 11.4 Å². The molecule has 0 amide bonds. The van der Waals surface area contributed by atoms with Crippen molar-refractivity contribution in [3.8, 4) is 11.8 Å². The van der Waals surface area contributed by atoms with Crippen molar-refractivity contribution in [2.75, 3.05) is 5.73 Å². The van der Waals surface area contributed by atoms with Gasteiger partial charge in [-0.05, 0) is 36.8 Å². The van der Waals surface area contributed by atoms with E-state index in [1.54, 1.807) is 0 Å². The quantitative estimate of drug-likeness (QED) is 0.722. The van der Waals surface area contributed by atoms with E-state index in [9.17, 15) is 0 Å². The number of benzene rings is 2. The number of rotatable bonds is 2. The van der Waals surface area contributed by atoms with Crippen LogP contribution in [0.5, 0.6) is 0 Å². The molecule has 1 aromatic heterocycles. The highest BCUT2D eigenvalue weighted by atomic mass is 15.1. The number of imidazole rings is 1. The number of nitriles is 1. The van der Waals surface area contributed by atoms with Gasteiger partial charge in [0.1, 0.15) is 5.82 Å². The third-order valence-corrected chi connectivity index (χ3v) is 3.29. The summed E-state index contributed by atoms with van der Waals surface area (Å²) in [4.78, 5) is 4.53. The molecule has 0 spiro atoms. The van der Waals surface area contributed by atoms with Crippen molar-refractivity contribution < 1.29 is 0 Å². The second kappa shape index (κ2) is 4.71. The maximum atomic E-state index is 9.00. The summed E-state index contributed by atoms with van der Waals surface area (Å²) in [6, 6.07) is 15.9. The lowest BCUT2D eigenvalue weighted by atomic mass is 10.2. The normalized spacial score (nSPS) is 10.6. The first kappa shape index (κ1) is 12.2. The third kappa shape index (κ3) is 1.90. The molecule has 0 aliphatic carbocycles. The van der Waals surface area contributed by atoms with Crippen molar-refractivity contribution >= 4 is 16.7 Å². The molecule has 0 aliphatic rings. The molecule has 0 unspecified atom stereocenters. The second-order valence-electron chi connectivity index (χ2n) is 4.75. The summed E-state index contributed by atoms with van der Waals surface area (Å²) in [6.07, 6.45) is 0.252. The van der Waals surface area contributed by atoms with E-state index in [0.29, 0.717) is 11.5 Å². The first-order chi connectivity index (χ1) is 9.70. The van der Waals surface area contributed by atoms with Crippen molar-refractivity contribution in [1.82, 2.24) is 9.55 Å². The molecule has 0 fully saturated rings. The lowest BCUT2D eigenvalue weighted by Crippen LogP contribution is -2.04. The van der Waals surface area contributed by atoms with Crippen LogP contribution in [0.25, 0.3) is 16.7 Å². The van der Waals surface area contributed by atoms with Crippen LogP contribution in [0.3, 0.4) is 0 Å². The monoisotopic (exact) mass is 262 g/mol. The molecular formula is C16H14N4. The summed E-state index contributed by atoms with van der Waals surface area (Å²) in [5.74, 6) is 0.712. The fraction of sp³-hybridized carbons (Fsp3) is 0.125. The van der Waals surface area contributed by atoms with Gasteiger partial charge in [0.2, 0.25) is 0 Å². The number of nitrogen functional groups attached to an aromatic ring is 1. The molecular weight excluding hydrogens is 248 g/mol. The number of hydrogen-bond acceptors (Lipinski definition) is 3. The van der Waals surface area contributed by atoms with Gasteiger partial charge in [0.05, 0.1) is 34.9 Å². The summed E-state index contributed by atoms with van der Waals surface area (Å²) in [5, 5.41) is 9.00. The Bertz CT molecular complexity index is 824. The number of aryl methyl sites for hydroxylation is 1. The zero-order chi connectivity index (χ0) is 14.1. The van der Waals surface area contributed by atoms with E-state index in [0.717, 1.165) is 22.3 Å². The zero-order valence-electron chi connectivity index (χ0n) is 11.2.